The van der Waals surface area contributed by atoms with E-state index in [-0.39, 0.29) is 11.8 Å². The molecular formula is C21H34N2O2. The molecule has 0 aliphatic carbocycles. The number of aryl methyl sites for hydroxylation is 1. The largest absolute Gasteiger partial charge is 0.496 e. The molecule has 2 unspecified atom stereocenters. The highest BCUT2D eigenvalue weighted by molar-refractivity contribution is 5.77. The Bertz CT molecular complexity index is 565. The maximum absolute atomic E-state index is 12.5. The number of nitrogens with zero attached hydrogens (tertiary/aromatic N) is 1. The Morgan fingerprint density at radius 3 is 2.48 bits per heavy atom. The third-order valence-electron chi connectivity index (χ3n) is 5.42. The summed E-state index contributed by atoms with van der Waals surface area (Å²) in [5.74, 6) is 1.69. The number of carbonyl (C=O) groups is 1. The highest BCUT2D eigenvalue weighted by Crippen LogP contribution is 2.31. The summed E-state index contributed by atoms with van der Waals surface area (Å²) in [6.07, 6.45) is 3.10. The topological polar surface area (TPSA) is 41.6 Å². The molecule has 1 aliphatic heterocycles. The van der Waals surface area contributed by atoms with Gasteiger partial charge < -0.3 is 10.1 Å². The van der Waals surface area contributed by atoms with E-state index in [1.807, 2.05) is 6.07 Å². The van der Waals surface area contributed by atoms with Crippen molar-refractivity contribution in [3.8, 4) is 5.75 Å². The van der Waals surface area contributed by atoms with Gasteiger partial charge in [-0.2, -0.15) is 0 Å². The number of likely N-dealkylation sites (tertiary alicyclic amines) is 1. The molecule has 0 spiro atoms. The normalized spacial score (nSPS) is 17.5. The number of nitrogens with one attached hydrogen (secondary N) is 1. The van der Waals surface area contributed by atoms with Gasteiger partial charge in [0.1, 0.15) is 5.75 Å². The maximum atomic E-state index is 12.5. The molecule has 0 saturated carbocycles. The summed E-state index contributed by atoms with van der Waals surface area (Å²) < 4.78 is 5.35. The van der Waals surface area contributed by atoms with Crippen LogP contribution in [0.1, 0.15) is 57.1 Å². The molecule has 1 saturated heterocycles. The van der Waals surface area contributed by atoms with Crippen LogP contribution < -0.4 is 10.1 Å². The Kier molecular flexibility index (Phi) is 7.30. The van der Waals surface area contributed by atoms with Crippen molar-refractivity contribution in [2.45, 2.75) is 58.9 Å². The minimum atomic E-state index is 0.151. The van der Waals surface area contributed by atoms with Gasteiger partial charge in [-0.1, -0.05) is 26.0 Å². The summed E-state index contributed by atoms with van der Waals surface area (Å²) in [6.45, 7) is 11.7. The van der Waals surface area contributed by atoms with Gasteiger partial charge in [-0.3, -0.25) is 9.69 Å². The molecule has 2 atom stereocenters. The van der Waals surface area contributed by atoms with Crippen LogP contribution in [-0.2, 0) is 4.79 Å². The number of hydrogen-bond donors (Lipinski definition) is 1. The van der Waals surface area contributed by atoms with Crippen LogP contribution >= 0.6 is 0 Å². The van der Waals surface area contributed by atoms with Crippen molar-refractivity contribution in [3.63, 3.8) is 0 Å². The van der Waals surface area contributed by atoms with E-state index in [9.17, 15) is 4.79 Å². The third kappa shape index (κ3) is 5.46. The van der Waals surface area contributed by atoms with Crippen LogP contribution in [0.25, 0.3) is 0 Å². The fourth-order valence-corrected chi connectivity index (χ4v) is 3.72. The Balaban J connectivity index is 1.93. The lowest BCUT2D eigenvalue weighted by Crippen LogP contribution is -2.41. The fourth-order valence-electron chi connectivity index (χ4n) is 3.72. The molecule has 1 N–H and O–H groups in total. The van der Waals surface area contributed by atoms with Crippen LogP contribution in [-0.4, -0.2) is 43.6 Å². The van der Waals surface area contributed by atoms with Gasteiger partial charge in [0.25, 0.3) is 0 Å². The molecule has 4 nitrogen and oxygen atoms in total. The number of amides is 1. The second kappa shape index (κ2) is 9.23. The van der Waals surface area contributed by atoms with Gasteiger partial charge in [-0.05, 0) is 68.8 Å². The van der Waals surface area contributed by atoms with E-state index in [4.69, 9.17) is 4.74 Å². The number of hydrogen-bond acceptors (Lipinski definition) is 3. The average Bonchev–Trinajstić information content (AvgIpc) is 3.12. The van der Waals surface area contributed by atoms with Gasteiger partial charge in [0, 0.05) is 19.0 Å². The molecule has 0 aromatic heterocycles. The maximum Gasteiger partial charge on any atom is 0.220 e. The van der Waals surface area contributed by atoms with Crippen LogP contribution in [0.5, 0.6) is 5.75 Å². The van der Waals surface area contributed by atoms with Gasteiger partial charge >= 0.3 is 0 Å². The van der Waals surface area contributed by atoms with E-state index in [0.29, 0.717) is 18.4 Å². The lowest BCUT2D eigenvalue weighted by atomic mass is 9.85. The zero-order valence-electron chi connectivity index (χ0n) is 16.5. The Morgan fingerprint density at radius 2 is 1.92 bits per heavy atom. The van der Waals surface area contributed by atoms with Crippen molar-refractivity contribution >= 4 is 5.91 Å². The zero-order chi connectivity index (χ0) is 18.4. The quantitative estimate of drug-likeness (QED) is 0.780. The molecule has 4 heteroatoms. The van der Waals surface area contributed by atoms with Crippen molar-refractivity contribution < 1.29 is 9.53 Å². The number of benzene rings is 1. The second-order valence-electron chi connectivity index (χ2n) is 7.68. The SMILES string of the molecule is COc1ccc(C(CC(=O)NCC(C)N2CCCC2)C(C)C)cc1C. The van der Waals surface area contributed by atoms with Gasteiger partial charge in [-0.15, -0.1) is 0 Å². The Hall–Kier alpha value is -1.55. The smallest absolute Gasteiger partial charge is 0.220 e. The first-order chi connectivity index (χ1) is 11.9. The van der Waals surface area contributed by atoms with E-state index < -0.39 is 0 Å². The lowest BCUT2D eigenvalue weighted by Gasteiger charge is -2.25. The van der Waals surface area contributed by atoms with Gasteiger partial charge in [0.15, 0.2) is 0 Å². The molecule has 1 aromatic rings. The van der Waals surface area contributed by atoms with Crippen molar-refractivity contribution in [2.75, 3.05) is 26.7 Å². The highest BCUT2D eigenvalue weighted by Gasteiger charge is 2.22. The summed E-state index contributed by atoms with van der Waals surface area (Å²) in [7, 11) is 1.69. The second-order valence-corrected chi connectivity index (χ2v) is 7.68. The lowest BCUT2D eigenvalue weighted by molar-refractivity contribution is -0.121. The Morgan fingerprint density at radius 1 is 1.24 bits per heavy atom. The molecule has 0 radical (unpaired) electrons. The van der Waals surface area contributed by atoms with Crippen LogP contribution in [0.2, 0.25) is 0 Å². The summed E-state index contributed by atoms with van der Waals surface area (Å²) in [4.78, 5) is 15.0. The van der Waals surface area contributed by atoms with E-state index in [0.717, 1.165) is 30.9 Å². The average molecular weight is 347 g/mol. The number of methoxy groups -OCH3 is 1. The molecule has 1 fully saturated rings. The van der Waals surface area contributed by atoms with Gasteiger partial charge in [-0.25, -0.2) is 0 Å². The first-order valence-electron chi connectivity index (χ1n) is 9.57. The first-order valence-corrected chi connectivity index (χ1v) is 9.57. The van der Waals surface area contributed by atoms with E-state index >= 15 is 0 Å². The van der Waals surface area contributed by atoms with E-state index in [2.05, 4.69) is 50.0 Å². The van der Waals surface area contributed by atoms with Crippen LogP contribution in [0, 0.1) is 12.8 Å². The minimum absolute atomic E-state index is 0.151. The monoisotopic (exact) mass is 346 g/mol. The third-order valence-corrected chi connectivity index (χ3v) is 5.42. The molecule has 140 valence electrons. The molecule has 1 aliphatic rings. The van der Waals surface area contributed by atoms with E-state index in [1.54, 1.807) is 7.11 Å². The minimum Gasteiger partial charge on any atom is -0.496 e. The highest BCUT2D eigenvalue weighted by atomic mass is 16.5. The number of ether oxygens (including phenoxy) is 1. The molecule has 1 amide bonds. The van der Waals surface area contributed by atoms with Gasteiger partial charge in [0.2, 0.25) is 5.91 Å². The zero-order valence-corrected chi connectivity index (χ0v) is 16.5. The van der Waals surface area contributed by atoms with Crippen molar-refractivity contribution in [1.29, 1.82) is 0 Å². The number of rotatable bonds is 8. The predicted octanol–water partition coefficient (Wildman–Crippen LogP) is 3.73. The standard InChI is InChI=1S/C21H34N2O2/c1-15(2)19(18-8-9-20(25-5)16(3)12-18)13-21(24)22-14-17(4)23-10-6-7-11-23/h8-9,12,15,17,19H,6-7,10-11,13-14H2,1-5H3,(H,22,24). The van der Waals surface area contributed by atoms with Crippen LogP contribution in [0.15, 0.2) is 18.2 Å². The van der Waals surface area contributed by atoms with Gasteiger partial charge in [0.05, 0.1) is 7.11 Å². The van der Waals surface area contributed by atoms with Crippen molar-refractivity contribution in [2.24, 2.45) is 5.92 Å². The summed E-state index contributed by atoms with van der Waals surface area (Å²) in [5.41, 5.74) is 2.34. The molecule has 25 heavy (non-hydrogen) atoms. The van der Waals surface area contributed by atoms with E-state index in [1.165, 1.54) is 18.4 Å². The van der Waals surface area contributed by atoms with Crippen molar-refractivity contribution in [3.05, 3.63) is 29.3 Å². The molecular weight excluding hydrogens is 312 g/mol. The summed E-state index contributed by atoms with van der Waals surface area (Å²) in [5, 5.41) is 3.15. The molecule has 2 rings (SSSR count). The van der Waals surface area contributed by atoms with Crippen LogP contribution in [0.4, 0.5) is 0 Å². The van der Waals surface area contributed by atoms with Crippen LogP contribution in [0.3, 0.4) is 0 Å². The molecule has 1 heterocycles. The predicted molar refractivity (Wildman–Crippen MR) is 103 cm³/mol. The summed E-state index contributed by atoms with van der Waals surface area (Å²) >= 11 is 0. The Labute approximate surface area is 152 Å². The molecule has 0 bridgehead atoms. The first kappa shape index (κ1) is 19.8. The summed E-state index contributed by atoms with van der Waals surface area (Å²) in [6, 6.07) is 6.68. The van der Waals surface area contributed by atoms with Crippen molar-refractivity contribution in [1.82, 2.24) is 10.2 Å². The number of carbonyl (C=O) groups excluding carboxylic acids is 1. The molecule has 1 aromatic carbocycles. The fraction of sp³-hybridized carbons (Fsp3) is 0.667.